The number of aliphatic carboxylic acids is 1. The van der Waals surface area contributed by atoms with Crippen molar-refractivity contribution in [1.29, 1.82) is 0 Å². The summed E-state index contributed by atoms with van der Waals surface area (Å²) < 4.78 is 5.13. The van der Waals surface area contributed by atoms with Crippen LogP contribution in [0.15, 0.2) is 41.0 Å². The number of anilines is 1. The number of carbonyl (C=O) groups is 2. The normalized spacial score (nSPS) is 11.9. The monoisotopic (exact) mass is 336 g/mol. The molecule has 0 saturated heterocycles. The third-order valence-electron chi connectivity index (χ3n) is 3.35. The molecule has 0 fully saturated rings. The number of amides is 1. The molecule has 0 radical (unpaired) electrons. The number of benzene rings is 1. The number of nitrogens with one attached hydrogen (secondary N) is 1. The van der Waals surface area contributed by atoms with Crippen LogP contribution in [0.1, 0.15) is 17.7 Å². The van der Waals surface area contributed by atoms with Crippen molar-refractivity contribution in [1.82, 2.24) is 0 Å². The molecular weight excluding hydrogens is 320 g/mol. The van der Waals surface area contributed by atoms with Crippen molar-refractivity contribution in [3.05, 3.63) is 52.9 Å². The van der Waals surface area contributed by atoms with E-state index in [-0.39, 0.29) is 6.42 Å². The molecule has 0 saturated carbocycles. The second kappa shape index (κ2) is 7.80. The fourth-order valence-electron chi connectivity index (χ4n) is 2.03. The molecule has 0 aliphatic carbocycles. The van der Waals surface area contributed by atoms with E-state index in [0.717, 1.165) is 5.56 Å². The van der Waals surface area contributed by atoms with Gasteiger partial charge < -0.3 is 25.0 Å². The van der Waals surface area contributed by atoms with Crippen LogP contribution >= 0.6 is 11.6 Å². The number of furan rings is 1. The number of hydrogen-bond acceptors (Lipinski definition) is 4. The minimum absolute atomic E-state index is 0.214. The highest BCUT2D eigenvalue weighted by Gasteiger charge is 2.19. The summed E-state index contributed by atoms with van der Waals surface area (Å²) in [5.41, 5.74) is 1.41. The van der Waals surface area contributed by atoms with Gasteiger partial charge >= 0.3 is 0 Å². The van der Waals surface area contributed by atoms with Crippen LogP contribution in [0.25, 0.3) is 0 Å². The van der Waals surface area contributed by atoms with E-state index in [0.29, 0.717) is 23.0 Å². The standard InChI is InChI=1S/C16H17ClN2O4/c1-10-4-5-11(7-13(10)17)19-15(20)8-14(16(21)22)18-9-12-3-2-6-23-12/h2-7,14,18H,8-9H2,1H3,(H,19,20)(H,21,22)/t14-/m1/s1. The van der Waals surface area contributed by atoms with Gasteiger partial charge in [-0.3, -0.25) is 4.79 Å². The molecule has 122 valence electrons. The molecule has 1 amide bonds. The predicted molar refractivity (Wildman–Crippen MR) is 82.6 cm³/mol. The lowest BCUT2D eigenvalue weighted by atomic mass is 10.1. The minimum atomic E-state index is -1.30. The molecule has 23 heavy (non-hydrogen) atoms. The Morgan fingerprint density at radius 3 is 2.78 bits per heavy atom. The van der Waals surface area contributed by atoms with Crippen LogP contribution in [0.3, 0.4) is 0 Å². The van der Waals surface area contributed by atoms with E-state index in [4.69, 9.17) is 16.0 Å². The molecule has 2 aromatic rings. The van der Waals surface area contributed by atoms with Crippen molar-refractivity contribution < 1.29 is 24.4 Å². The number of carbonyl (C=O) groups excluding carboxylic acids is 2. The number of halogens is 1. The summed E-state index contributed by atoms with van der Waals surface area (Å²) in [5, 5.41) is 15.8. The first-order valence-corrected chi connectivity index (χ1v) is 7.46. The lowest BCUT2D eigenvalue weighted by molar-refractivity contribution is -0.698. The SMILES string of the molecule is Cc1ccc(NC(=O)C[C@@H]([NH2+]Cc2ccco2)C(=O)[O-])cc1Cl. The largest absolute Gasteiger partial charge is 0.544 e. The quantitative estimate of drug-likeness (QED) is 0.767. The van der Waals surface area contributed by atoms with Crippen LogP contribution < -0.4 is 15.7 Å². The summed E-state index contributed by atoms with van der Waals surface area (Å²) in [4.78, 5) is 23.2. The average Bonchev–Trinajstić information content (AvgIpc) is 3.00. The zero-order valence-corrected chi connectivity index (χ0v) is 13.3. The zero-order chi connectivity index (χ0) is 16.8. The lowest BCUT2D eigenvalue weighted by Gasteiger charge is -2.16. The van der Waals surface area contributed by atoms with Gasteiger partial charge in [-0.05, 0) is 36.8 Å². The molecule has 7 heteroatoms. The summed E-state index contributed by atoms with van der Waals surface area (Å²) in [6, 6.07) is 7.55. The Kier molecular flexibility index (Phi) is 5.78. The Labute approximate surface area is 138 Å². The van der Waals surface area contributed by atoms with Crippen LogP contribution in [0.4, 0.5) is 5.69 Å². The van der Waals surface area contributed by atoms with Gasteiger partial charge in [0.05, 0.1) is 18.7 Å². The van der Waals surface area contributed by atoms with Gasteiger partial charge in [-0.1, -0.05) is 17.7 Å². The van der Waals surface area contributed by atoms with E-state index in [1.54, 1.807) is 30.3 Å². The Morgan fingerprint density at radius 2 is 2.17 bits per heavy atom. The maximum absolute atomic E-state index is 12.0. The van der Waals surface area contributed by atoms with E-state index in [1.807, 2.05) is 6.92 Å². The van der Waals surface area contributed by atoms with Crippen molar-refractivity contribution in [2.24, 2.45) is 0 Å². The predicted octanol–water partition coefficient (Wildman–Crippen LogP) is 0.452. The highest BCUT2D eigenvalue weighted by atomic mass is 35.5. The van der Waals surface area contributed by atoms with E-state index < -0.39 is 17.9 Å². The second-order valence-electron chi connectivity index (χ2n) is 5.16. The summed E-state index contributed by atoms with van der Waals surface area (Å²) in [7, 11) is 0. The van der Waals surface area contributed by atoms with Gasteiger partial charge in [-0.25, -0.2) is 0 Å². The number of aryl methyl sites for hydroxylation is 1. The second-order valence-corrected chi connectivity index (χ2v) is 5.57. The fraction of sp³-hybridized carbons (Fsp3) is 0.250. The van der Waals surface area contributed by atoms with E-state index >= 15 is 0 Å². The first kappa shape index (κ1) is 17.1. The molecule has 0 bridgehead atoms. The van der Waals surface area contributed by atoms with Gasteiger partial charge in [0.1, 0.15) is 12.6 Å². The molecule has 3 N–H and O–H groups in total. The number of rotatable bonds is 7. The number of nitrogens with two attached hydrogens (primary N) is 1. The number of carboxylic acid groups (broad SMARTS) is 1. The topological polar surface area (TPSA) is 99.0 Å². The maximum atomic E-state index is 12.0. The summed E-state index contributed by atoms with van der Waals surface area (Å²) in [6.45, 7) is 2.17. The molecule has 6 nitrogen and oxygen atoms in total. The molecule has 0 aliphatic rings. The molecule has 1 aromatic carbocycles. The fourth-order valence-corrected chi connectivity index (χ4v) is 2.21. The molecular formula is C16H17ClN2O4. The number of carboxylic acids is 1. The van der Waals surface area contributed by atoms with Gasteiger partial charge in [0, 0.05) is 10.7 Å². The highest BCUT2D eigenvalue weighted by molar-refractivity contribution is 6.31. The van der Waals surface area contributed by atoms with E-state index in [9.17, 15) is 14.7 Å². The molecule has 1 aromatic heterocycles. The number of quaternary nitrogens is 1. The van der Waals surface area contributed by atoms with Crippen molar-refractivity contribution in [3.63, 3.8) is 0 Å². The van der Waals surface area contributed by atoms with Gasteiger partial charge in [-0.15, -0.1) is 0 Å². The third-order valence-corrected chi connectivity index (χ3v) is 3.75. The smallest absolute Gasteiger partial charge is 0.230 e. The van der Waals surface area contributed by atoms with Crippen molar-refractivity contribution >= 4 is 29.2 Å². The summed E-state index contributed by atoms with van der Waals surface area (Å²) >= 11 is 5.99. The Morgan fingerprint density at radius 1 is 1.39 bits per heavy atom. The van der Waals surface area contributed by atoms with Crippen LogP contribution in [0, 0.1) is 6.92 Å². The maximum Gasteiger partial charge on any atom is 0.230 e. The Hall–Kier alpha value is -2.31. The van der Waals surface area contributed by atoms with Crippen molar-refractivity contribution in [2.45, 2.75) is 25.9 Å². The molecule has 1 atom stereocenters. The minimum Gasteiger partial charge on any atom is -0.544 e. The average molecular weight is 337 g/mol. The molecule has 1 heterocycles. The summed E-state index contributed by atoms with van der Waals surface area (Å²) in [5.74, 6) is -1.09. The molecule has 0 aliphatic heterocycles. The number of hydrogen-bond donors (Lipinski definition) is 2. The van der Waals surface area contributed by atoms with Gasteiger partial charge in [0.15, 0.2) is 5.76 Å². The van der Waals surface area contributed by atoms with Gasteiger partial charge in [-0.2, -0.15) is 0 Å². The Bertz CT molecular complexity index is 685. The zero-order valence-electron chi connectivity index (χ0n) is 12.5. The van der Waals surface area contributed by atoms with Crippen molar-refractivity contribution in [2.75, 3.05) is 5.32 Å². The molecule has 0 unspecified atom stereocenters. The van der Waals surface area contributed by atoms with Crippen molar-refractivity contribution in [3.8, 4) is 0 Å². The highest BCUT2D eigenvalue weighted by Crippen LogP contribution is 2.20. The first-order chi connectivity index (χ1) is 11.0. The lowest BCUT2D eigenvalue weighted by Crippen LogP contribution is -2.92. The Balaban J connectivity index is 1.91. The molecule has 2 rings (SSSR count). The van der Waals surface area contributed by atoms with Crippen LogP contribution in [0.5, 0.6) is 0 Å². The van der Waals surface area contributed by atoms with Gasteiger partial charge in [0.2, 0.25) is 5.91 Å². The third kappa shape index (κ3) is 5.12. The van der Waals surface area contributed by atoms with E-state index in [2.05, 4.69) is 5.32 Å². The van der Waals surface area contributed by atoms with Crippen LogP contribution in [0.2, 0.25) is 5.02 Å². The van der Waals surface area contributed by atoms with Crippen LogP contribution in [-0.4, -0.2) is 17.9 Å². The van der Waals surface area contributed by atoms with Crippen LogP contribution in [-0.2, 0) is 16.1 Å². The summed E-state index contributed by atoms with van der Waals surface area (Å²) in [6.07, 6.45) is 1.29. The van der Waals surface area contributed by atoms with E-state index in [1.165, 1.54) is 11.6 Å². The first-order valence-electron chi connectivity index (χ1n) is 7.08. The molecule has 0 spiro atoms. The van der Waals surface area contributed by atoms with Gasteiger partial charge in [0.25, 0.3) is 0 Å².